The van der Waals surface area contributed by atoms with E-state index in [-0.39, 0.29) is 33.6 Å². The van der Waals surface area contributed by atoms with Gasteiger partial charge in [-0.05, 0) is 0 Å². The van der Waals surface area contributed by atoms with Crippen LogP contribution >= 0.6 is 22.6 Å². The zero-order chi connectivity index (χ0) is 4.28. The Kier molecular flexibility index (Phi) is 10.4. The minimum Gasteiger partial charge on any atom is -0.369 e. The first-order valence-electron chi connectivity index (χ1n) is 1.11. The molecule has 0 heterocycles. The van der Waals surface area contributed by atoms with E-state index in [1.165, 1.54) is 0 Å². The molecule has 0 aliphatic heterocycles. The van der Waals surface area contributed by atoms with Gasteiger partial charge in [0.2, 0.25) is 5.91 Å². The van der Waals surface area contributed by atoms with Crippen LogP contribution < -0.4 is 5.73 Å². The van der Waals surface area contributed by atoms with Crippen molar-refractivity contribution in [3.05, 3.63) is 0 Å². The summed E-state index contributed by atoms with van der Waals surface area (Å²) < 4.78 is 0.414. The predicted molar refractivity (Wildman–Crippen MR) is 28.1 cm³/mol. The van der Waals surface area contributed by atoms with Gasteiger partial charge in [-0.25, -0.2) is 0 Å². The van der Waals surface area contributed by atoms with Crippen LogP contribution in [0.4, 0.5) is 0 Å². The number of halogens is 1. The van der Waals surface area contributed by atoms with Crippen molar-refractivity contribution in [3.8, 4) is 0 Å². The Balaban J connectivity index is 0. The predicted octanol–water partition coefficient (Wildman–Crippen LogP) is -0.0958. The van der Waals surface area contributed by atoms with Crippen LogP contribution in [0.25, 0.3) is 0 Å². The molecule has 0 aromatic carbocycles. The minimum absolute atomic E-state index is 0. The molecule has 0 aromatic heterocycles. The number of alkyl halides is 1. The molecule has 0 rings (SSSR count). The molecule has 2 nitrogen and oxygen atoms in total. The standard InChI is InChI=1S/C2H4INO.Hg/c3-1-2(4)5;/h1H2,(H2,4,5);. The fourth-order valence-electron chi connectivity index (χ4n) is 0. The van der Waals surface area contributed by atoms with Gasteiger partial charge in [-0.2, -0.15) is 0 Å². The van der Waals surface area contributed by atoms with Crippen LogP contribution in [0, 0.1) is 0 Å². The summed E-state index contributed by atoms with van der Waals surface area (Å²) in [6.45, 7) is 0. The fraction of sp³-hybridized carbons (Fsp3) is 0.500. The van der Waals surface area contributed by atoms with Gasteiger partial charge in [0.15, 0.2) is 0 Å². The number of hydrogen-bond acceptors (Lipinski definition) is 1. The molecule has 0 atom stereocenters. The molecule has 2 N–H and O–H groups in total. The summed E-state index contributed by atoms with van der Waals surface area (Å²) in [4.78, 5) is 9.58. The first-order valence-corrected chi connectivity index (χ1v) is 2.64. The van der Waals surface area contributed by atoms with Gasteiger partial charge in [0, 0.05) is 27.7 Å². The van der Waals surface area contributed by atoms with Crippen LogP contribution in [0.5, 0.6) is 0 Å². The molecule has 0 aliphatic rings. The van der Waals surface area contributed by atoms with Gasteiger partial charge >= 0.3 is 0 Å². The van der Waals surface area contributed by atoms with Gasteiger partial charge in [-0.3, -0.25) is 4.79 Å². The second-order valence-corrected chi connectivity index (χ2v) is 1.36. The molecule has 0 fully saturated rings. The second kappa shape index (κ2) is 6.14. The Morgan fingerprint density at radius 2 is 2.00 bits per heavy atom. The van der Waals surface area contributed by atoms with Crippen molar-refractivity contribution >= 4 is 28.5 Å². The van der Waals surface area contributed by atoms with E-state index < -0.39 is 0 Å². The van der Waals surface area contributed by atoms with Crippen molar-refractivity contribution in [1.29, 1.82) is 0 Å². The molecular formula is C2H4HgINO. The van der Waals surface area contributed by atoms with Crippen molar-refractivity contribution in [2.45, 2.75) is 0 Å². The minimum atomic E-state index is -0.259. The molecule has 0 aliphatic carbocycles. The molecule has 4 heteroatoms. The fourth-order valence-corrected chi connectivity index (χ4v) is 0. The summed E-state index contributed by atoms with van der Waals surface area (Å²) in [5, 5.41) is 0. The molecule has 0 saturated carbocycles. The van der Waals surface area contributed by atoms with Gasteiger partial charge in [-0.15, -0.1) is 0 Å². The van der Waals surface area contributed by atoms with E-state index in [9.17, 15) is 4.79 Å². The van der Waals surface area contributed by atoms with Crippen LogP contribution in [0.3, 0.4) is 0 Å². The van der Waals surface area contributed by atoms with E-state index in [1.807, 2.05) is 22.6 Å². The molecule has 0 saturated heterocycles. The number of primary amides is 1. The van der Waals surface area contributed by atoms with Crippen molar-refractivity contribution in [1.82, 2.24) is 0 Å². The summed E-state index contributed by atoms with van der Waals surface area (Å²) in [5.74, 6) is -0.259. The second-order valence-electron chi connectivity index (χ2n) is 0.600. The van der Waals surface area contributed by atoms with E-state index in [0.29, 0.717) is 4.43 Å². The van der Waals surface area contributed by atoms with Gasteiger partial charge < -0.3 is 5.73 Å². The number of hydrogen-bond donors (Lipinski definition) is 1. The van der Waals surface area contributed by atoms with Gasteiger partial charge in [0.05, 0.1) is 4.43 Å². The average Bonchev–Trinajstić information content (AvgIpc) is 1.38. The zero-order valence-electron chi connectivity index (χ0n) is 3.28. The maximum absolute atomic E-state index is 9.58. The third kappa shape index (κ3) is 8.93. The Labute approximate surface area is 70.5 Å². The molecule has 0 aromatic rings. The zero-order valence-corrected chi connectivity index (χ0v) is 10.9. The normalized spacial score (nSPS) is 6.17. The summed E-state index contributed by atoms with van der Waals surface area (Å²) in [5.41, 5.74) is 4.65. The SMILES string of the molecule is NC(=O)CI.[Hg]. The first kappa shape index (κ1) is 10.2. The Morgan fingerprint density at radius 3 is 2.00 bits per heavy atom. The first-order chi connectivity index (χ1) is 2.27. The van der Waals surface area contributed by atoms with E-state index in [2.05, 4.69) is 5.73 Å². The molecular weight excluding hydrogens is 382 g/mol. The molecule has 0 spiro atoms. The molecule has 0 bridgehead atoms. The van der Waals surface area contributed by atoms with Crippen LogP contribution in [-0.2, 0) is 32.5 Å². The van der Waals surface area contributed by atoms with Crippen molar-refractivity contribution < 1.29 is 32.5 Å². The number of carbonyl (C=O) groups is 1. The van der Waals surface area contributed by atoms with E-state index in [4.69, 9.17) is 0 Å². The number of rotatable bonds is 1. The van der Waals surface area contributed by atoms with Crippen LogP contribution in [-0.4, -0.2) is 10.3 Å². The monoisotopic (exact) mass is 387 g/mol. The molecule has 32 valence electrons. The van der Waals surface area contributed by atoms with Crippen molar-refractivity contribution in [3.63, 3.8) is 0 Å². The van der Waals surface area contributed by atoms with Crippen LogP contribution in [0.2, 0.25) is 0 Å². The number of nitrogens with two attached hydrogens (primary N) is 1. The van der Waals surface area contributed by atoms with Crippen molar-refractivity contribution in [2.24, 2.45) is 5.73 Å². The van der Waals surface area contributed by atoms with Gasteiger partial charge in [0.25, 0.3) is 0 Å². The third-order valence-corrected chi connectivity index (χ3v) is 0.884. The van der Waals surface area contributed by atoms with E-state index in [0.717, 1.165) is 0 Å². The van der Waals surface area contributed by atoms with Crippen LogP contribution in [0.1, 0.15) is 0 Å². The Bertz CT molecular complexity index is 48.8. The smallest absolute Gasteiger partial charge is 0.227 e. The summed E-state index contributed by atoms with van der Waals surface area (Å²) in [6.07, 6.45) is 0. The number of amides is 1. The van der Waals surface area contributed by atoms with Crippen molar-refractivity contribution in [2.75, 3.05) is 4.43 Å². The third-order valence-electron chi connectivity index (χ3n) is 0.132. The van der Waals surface area contributed by atoms with Crippen LogP contribution in [0.15, 0.2) is 0 Å². The maximum Gasteiger partial charge on any atom is 0.227 e. The Hall–Kier alpha value is 1.14. The van der Waals surface area contributed by atoms with Gasteiger partial charge in [-0.1, -0.05) is 22.6 Å². The Morgan fingerprint density at radius 1 is 1.83 bits per heavy atom. The largest absolute Gasteiger partial charge is 0.369 e. The molecule has 0 radical (unpaired) electrons. The number of carbonyl (C=O) groups excluding carboxylic acids is 1. The van der Waals surface area contributed by atoms with E-state index >= 15 is 0 Å². The summed E-state index contributed by atoms with van der Waals surface area (Å²) >= 11 is 1.90. The molecule has 0 unspecified atom stereocenters. The topological polar surface area (TPSA) is 43.1 Å². The maximum atomic E-state index is 9.58. The average molecular weight is 386 g/mol. The summed E-state index contributed by atoms with van der Waals surface area (Å²) in [6, 6.07) is 0. The molecule has 1 amide bonds. The van der Waals surface area contributed by atoms with Gasteiger partial charge in [0.1, 0.15) is 0 Å². The quantitative estimate of drug-likeness (QED) is 0.383. The van der Waals surface area contributed by atoms with E-state index in [1.54, 1.807) is 0 Å². The molecule has 6 heavy (non-hydrogen) atoms. The summed E-state index contributed by atoms with van der Waals surface area (Å²) in [7, 11) is 0.